The topological polar surface area (TPSA) is 65.7 Å². The first-order valence-corrected chi connectivity index (χ1v) is 8.90. The van der Waals surface area contributed by atoms with Crippen molar-refractivity contribution in [2.45, 2.75) is 33.3 Å². The molecule has 0 spiro atoms. The van der Waals surface area contributed by atoms with Gasteiger partial charge >= 0.3 is 11.6 Å². The van der Waals surface area contributed by atoms with E-state index in [2.05, 4.69) is 6.92 Å². The molecule has 0 aliphatic carbocycles. The largest absolute Gasteiger partial charge is 0.488 e. The van der Waals surface area contributed by atoms with E-state index in [1.165, 1.54) is 7.11 Å². The van der Waals surface area contributed by atoms with E-state index in [-0.39, 0.29) is 11.6 Å². The van der Waals surface area contributed by atoms with E-state index in [9.17, 15) is 9.59 Å². The molecule has 5 heteroatoms. The zero-order valence-corrected chi connectivity index (χ0v) is 15.7. The predicted octanol–water partition coefficient (Wildman–Crippen LogP) is 4.42. The van der Waals surface area contributed by atoms with Crippen LogP contribution in [-0.2, 0) is 17.8 Å². The molecular formula is C22H22O5. The summed E-state index contributed by atoms with van der Waals surface area (Å²) in [6, 6.07) is 12.5. The van der Waals surface area contributed by atoms with Crippen molar-refractivity contribution in [1.29, 1.82) is 0 Å². The fourth-order valence-electron chi connectivity index (χ4n) is 3.06. The van der Waals surface area contributed by atoms with Gasteiger partial charge in [0, 0.05) is 17.0 Å². The molecule has 0 fully saturated rings. The van der Waals surface area contributed by atoms with E-state index < -0.39 is 0 Å². The van der Waals surface area contributed by atoms with Crippen LogP contribution in [0.5, 0.6) is 5.75 Å². The van der Waals surface area contributed by atoms with Crippen molar-refractivity contribution in [3.63, 3.8) is 0 Å². The summed E-state index contributed by atoms with van der Waals surface area (Å²) >= 11 is 0. The van der Waals surface area contributed by atoms with Crippen molar-refractivity contribution < 1.29 is 18.7 Å². The number of carbonyl (C=O) groups excluding carboxylic acids is 1. The van der Waals surface area contributed by atoms with Gasteiger partial charge in [-0.05, 0) is 48.7 Å². The first-order chi connectivity index (χ1) is 13.0. The normalized spacial score (nSPS) is 10.8. The summed E-state index contributed by atoms with van der Waals surface area (Å²) in [5.74, 6) is 0.294. The van der Waals surface area contributed by atoms with Crippen molar-refractivity contribution in [2.24, 2.45) is 0 Å². The Morgan fingerprint density at radius 3 is 2.52 bits per heavy atom. The van der Waals surface area contributed by atoms with E-state index in [4.69, 9.17) is 13.9 Å². The Bertz CT molecular complexity index is 1020. The van der Waals surface area contributed by atoms with Gasteiger partial charge in [0.05, 0.1) is 12.7 Å². The average molecular weight is 366 g/mol. The number of rotatable bonds is 6. The molecule has 2 aromatic carbocycles. The van der Waals surface area contributed by atoms with Crippen LogP contribution in [0.1, 0.15) is 40.4 Å². The quantitative estimate of drug-likeness (QED) is 0.477. The van der Waals surface area contributed by atoms with Crippen LogP contribution in [0, 0.1) is 6.92 Å². The lowest BCUT2D eigenvalue weighted by molar-refractivity contribution is 0.0600. The van der Waals surface area contributed by atoms with E-state index in [1.54, 1.807) is 18.2 Å². The molecule has 0 saturated heterocycles. The zero-order valence-electron chi connectivity index (χ0n) is 15.7. The molecule has 0 unspecified atom stereocenters. The number of hydrogen-bond donors (Lipinski definition) is 0. The molecular weight excluding hydrogens is 344 g/mol. The molecule has 27 heavy (non-hydrogen) atoms. The van der Waals surface area contributed by atoms with Gasteiger partial charge in [-0.2, -0.15) is 0 Å². The van der Waals surface area contributed by atoms with Gasteiger partial charge in [-0.1, -0.05) is 25.5 Å². The molecule has 3 rings (SSSR count). The van der Waals surface area contributed by atoms with E-state index in [1.807, 2.05) is 31.2 Å². The summed E-state index contributed by atoms with van der Waals surface area (Å²) in [6.07, 6.45) is 1.78. The van der Waals surface area contributed by atoms with E-state index in [0.29, 0.717) is 23.5 Å². The van der Waals surface area contributed by atoms with Crippen LogP contribution in [-0.4, -0.2) is 13.1 Å². The van der Waals surface area contributed by atoms with Gasteiger partial charge in [-0.15, -0.1) is 0 Å². The molecule has 0 aliphatic heterocycles. The summed E-state index contributed by atoms with van der Waals surface area (Å²) in [4.78, 5) is 23.4. The van der Waals surface area contributed by atoms with Crippen molar-refractivity contribution >= 4 is 16.9 Å². The van der Waals surface area contributed by atoms with Crippen molar-refractivity contribution in [1.82, 2.24) is 0 Å². The number of esters is 1. The van der Waals surface area contributed by atoms with Crippen LogP contribution < -0.4 is 10.4 Å². The van der Waals surface area contributed by atoms with E-state index >= 15 is 0 Å². The number of ether oxygens (including phenoxy) is 2. The molecule has 0 N–H and O–H groups in total. The second kappa shape index (κ2) is 8.08. The lowest BCUT2D eigenvalue weighted by atomic mass is 10.0. The second-order valence-electron chi connectivity index (χ2n) is 6.38. The van der Waals surface area contributed by atoms with Gasteiger partial charge in [-0.25, -0.2) is 9.59 Å². The van der Waals surface area contributed by atoms with Crippen molar-refractivity contribution in [2.75, 3.05) is 7.11 Å². The Morgan fingerprint density at radius 1 is 1.11 bits per heavy atom. The van der Waals surface area contributed by atoms with E-state index in [0.717, 1.165) is 34.9 Å². The third kappa shape index (κ3) is 4.03. The van der Waals surface area contributed by atoms with Crippen molar-refractivity contribution in [3.8, 4) is 5.75 Å². The van der Waals surface area contributed by atoms with Crippen LogP contribution in [0.2, 0.25) is 0 Å². The minimum Gasteiger partial charge on any atom is -0.488 e. The minimum absolute atomic E-state index is 0.340. The highest BCUT2D eigenvalue weighted by Crippen LogP contribution is 2.29. The highest BCUT2D eigenvalue weighted by atomic mass is 16.5. The maximum absolute atomic E-state index is 11.9. The highest BCUT2D eigenvalue weighted by molar-refractivity contribution is 5.89. The van der Waals surface area contributed by atoms with Crippen LogP contribution >= 0.6 is 0 Å². The molecule has 5 nitrogen and oxygen atoms in total. The summed E-state index contributed by atoms with van der Waals surface area (Å²) in [5, 5.41) is 0.948. The maximum atomic E-state index is 11.9. The first-order valence-electron chi connectivity index (χ1n) is 8.90. The van der Waals surface area contributed by atoms with Crippen LogP contribution in [0.4, 0.5) is 0 Å². The fraction of sp³-hybridized carbons (Fsp3) is 0.273. The monoisotopic (exact) mass is 366 g/mol. The SMILES string of the molecule is CCCc1cc(=O)oc2c(C)c(OCc3ccc(C(=O)OC)cc3)ccc12. The Morgan fingerprint density at radius 2 is 1.85 bits per heavy atom. The molecule has 0 amide bonds. The van der Waals surface area contributed by atoms with Crippen LogP contribution in [0.25, 0.3) is 11.0 Å². The van der Waals surface area contributed by atoms with Gasteiger partial charge in [0.1, 0.15) is 17.9 Å². The number of benzene rings is 2. The fourth-order valence-corrected chi connectivity index (χ4v) is 3.06. The third-order valence-electron chi connectivity index (χ3n) is 4.49. The van der Waals surface area contributed by atoms with Crippen LogP contribution in [0.3, 0.4) is 0 Å². The Hall–Kier alpha value is -3.08. The standard InChI is InChI=1S/C22H22O5/c1-4-5-17-12-20(23)27-21-14(2)19(11-10-18(17)21)26-13-15-6-8-16(9-7-15)22(24)25-3/h6-12H,4-5,13H2,1-3H3. The Balaban J connectivity index is 1.84. The summed E-state index contributed by atoms with van der Waals surface area (Å²) in [5.41, 5.74) is 3.44. The number of carbonyl (C=O) groups is 1. The smallest absolute Gasteiger partial charge is 0.337 e. The third-order valence-corrected chi connectivity index (χ3v) is 4.49. The summed E-state index contributed by atoms with van der Waals surface area (Å²) in [7, 11) is 1.35. The zero-order chi connectivity index (χ0) is 19.4. The maximum Gasteiger partial charge on any atom is 0.337 e. The van der Waals surface area contributed by atoms with Gasteiger partial charge in [0.25, 0.3) is 0 Å². The Kier molecular flexibility index (Phi) is 5.60. The highest BCUT2D eigenvalue weighted by Gasteiger charge is 2.12. The number of fused-ring (bicyclic) bond motifs is 1. The Labute approximate surface area is 157 Å². The second-order valence-corrected chi connectivity index (χ2v) is 6.38. The number of aryl methyl sites for hydroxylation is 2. The van der Waals surface area contributed by atoms with Gasteiger partial charge in [0.2, 0.25) is 0 Å². The average Bonchev–Trinajstić information content (AvgIpc) is 2.68. The van der Waals surface area contributed by atoms with Gasteiger partial charge in [0.15, 0.2) is 0 Å². The molecule has 0 atom stereocenters. The number of methoxy groups -OCH3 is 1. The first kappa shape index (κ1) is 18.7. The lowest BCUT2D eigenvalue weighted by Crippen LogP contribution is -2.04. The molecule has 0 bridgehead atoms. The minimum atomic E-state index is -0.370. The molecule has 0 aliphatic rings. The van der Waals surface area contributed by atoms with Gasteiger partial charge in [-0.3, -0.25) is 0 Å². The molecule has 140 valence electrons. The molecule has 0 radical (unpaired) electrons. The van der Waals surface area contributed by atoms with Crippen molar-refractivity contribution in [3.05, 3.63) is 75.1 Å². The molecule has 1 heterocycles. The van der Waals surface area contributed by atoms with Gasteiger partial charge < -0.3 is 13.9 Å². The number of hydrogen-bond acceptors (Lipinski definition) is 5. The molecule has 3 aromatic rings. The molecule has 0 saturated carbocycles. The lowest BCUT2D eigenvalue weighted by Gasteiger charge is -2.12. The predicted molar refractivity (Wildman–Crippen MR) is 103 cm³/mol. The molecule has 1 aromatic heterocycles. The summed E-state index contributed by atoms with van der Waals surface area (Å²) in [6.45, 7) is 4.31. The summed E-state index contributed by atoms with van der Waals surface area (Å²) < 4.78 is 16.1. The van der Waals surface area contributed by atoms with Crippen LogP contribution in [0.15, 0.2) is 51.7 Å².